The van der Waals surface area contributed by atoms with E-state index in [9.17, 15) is 4.79 Å². The molecule has 0 saturated carbocycles. The molecule has 0 saturated heterocycles. The van der Waals surface area contributed by atoms with E-state index in [2.05, 4.69) is 4.98 Å². The van der Waals surface area contributed by atoms with Gasteiger partial charge in [0.25, 0.3) is 0 Å². The predicted octanol–water partition coefficient (Wildman–Crippen LogP) is 5.38. The summed E-state index contributed by atoms with van der Waals surface area (Å²) in [5, 5.41) is 3.40. The number of carbonyl (C=O) groups excluding carboxylic acids is 1. The Morgan fingerprint density at radius 1 is 1.21 bits per heavy atom. The average Bonchev–Trinajstić information content (AvgIpc) is 3.17. The molecule has 1 amide bonds. The Morgan fingerprint density at radius 2 is 2.00 bits per heavy atom. The van der Waals surface area contributed by atoms with Crippen molar-refractivity contribution in [1.29, 1.82) is 0 Å². The van der Waals surface area contributed by atoms with Crippen molar-refractivity contribution >= 4 is 51.8 Å². The molecule has 1 aromatic carbocycles. The average molecular weight is 397 g/mol. The summed E-state index contributed by atoms with van der Waals surface area (Å²) < 4.78 is 0.731. The Bertz CT molecular complexity index is 860. The van der Waals surface area contributed by atoms with Crippen molar-refractivity contribution in [2.75, 3.05) is 7.05 Å². The van der Waals surface area contributed by atoms with Crippen molar-refractivity contribution in [1.82, 2.24) is 9.88 Å². The van der Waals surface area contributed by atoms with Crippen LogP contribution in [0.2, 0.25) is 9.36 Å². The minimum absolute atomic E-state index is 0.0236. The molecule has 2 heterocycles. The minimum Gasteiger partial charge on any atom is -0.340 e. The van der Waals surface area contributed by atoms with Crippen LogP contribution in [0.25, 0.3) is 10.6 Å². The molecule has 0 aliphatic rings. The van der Waals surface area contributed by atoms with Crippen LogP contribution < -0.4 is 0 Å². The molecule has 3 rings (SSSR count). The maximum absolute atomic E-state index is 12.4. The van der Waals surface area contributed by atoms with Gasteiger partial charge in [-0.2, -0.15) is 0 Å². The zero-order valence-electron chi connectivity index (χ0n) is 12.8. The van der Waals surface area contributed by atoms with Crippen molar-refractivity contribution in [2.24, 2.45) is 0 Å². The summed E-state index contributed by atoms with van der Waals surface area (Å²) in [6, 6.07) is 11.4. The standard InChI is InChI=1S/C17H14Cl2N2OS2/c1-21(9-12-6-7-15(19)24-12)16(22)8-11-10-23-17(20-11)13-4-2-3-5-14(13)18/h2-7,10H,8-9H2,1H3. The Balaban J connectivity index is 1.66. The third kappa shape index (κ3) is 4.16. The molecule has 0 bridgehead atoms. The number of rotatable bonds is 5. The monoisotopic (exact) mass is 396 g/mol. The van der Waals surface area contributed by atoms with E-state index >= 15 is 0 Å². The van der Waals surface area contributed by atoms with Crippen molar-refractivity contribution in [3.63, 3.8) is 0 Å². The molecule has 3 aromatic rings. The molecule has 0 aliphatic heterocycles. The van der Waals surface area contributed by atoms with Gasteiger partial charge in [0.15, 0.2) is 0 Å². The third-order valence-electron chi connectivity index (χ3n) is 3.44. The quantitative estimate of drug-likeness (QED) is 0.579. The lowest BCUT2D eigenvalue weighted by atomic mass is 10.2. The van der Waals surface area contributed by atoms with E-state index in [0.717, 1.165) is 25.5 Å². The first-order valence-electron chi connectivity index (χ1n) is 7.20. The maximum Gasteiger partial charge on any atom is 0.228 e. The number of benzene rings is 1. The molecule has 24 heavy (non-hydrogen) atoms. The number of aromatic nitrogens is 1. The first kappa shape index (κ1) is 17.4. The largest absolute Gasteiger partial charge is 0.340 e. The van der Waals surface area contributed by atoms with Gasteiger partial charge < -0.3 is 4.90 Å². The van der Waals surface area contributed by atoms with E-state index in [1.54, 1.807) is 11.9 Å². The zero-order chi connectivity index (χ0) is 17.1. The molecule has 0 fully saturated rings. The fraction of sp³-hybridized carbons (Fsp3) is 0.176. The molecule has 0 unspecified atom stereocenters. The number of amides is 1. The normalized spacial score (nSPS) is 10.8. The first-order chi connectivity index (χ1) is 11.5. The Morgan fingerprint density at radius 3 is 2.71 bits per heavy atom. The highest BCUT2D eigenvalue weighted by Crippen LogP contribution is 2.30. The van der Waals surface area contributed by atoms with Gasteiger partial charge in [0, 0.05) is 22.9 Å². The van der Waals surface area contributed by atoms with Gasteiger partial charge in [-0.15, -0.1) is 22.7 Å². The topological polar surface area (TPSA) is 33.2 Å². The second-order valence-electron chi connectivity index (χ2n) is 5.26. The number of halogens is 2. The molecule has 0 N–H and O–H groups in total. The molecule has 0 radical (unpaired) electrons. The highest BCUT2D eigenvalue weighted by molar-refractivity contribution is 7.16. The van der Waals surface area contributed by atoms with Crippen LogP contribution in [-0.4, -0.2) is 22.8 Å². The van der Waals surface area contributed by atoms with Gasteiger partial charge in [0.1, 0.15) is 5.01 Å². The van der Waals surface area contributed by atoms with Crippen molar-refractivity contribution < 1.29 is 4.79 Å². The molecule has 0 atom stereocenters. The van der Waals surface area contributed by atoms with E-state index in [1.807, 2.05) is 41.8 Å². The van der Waals surface area contributed by atoms with Crippen LogP contribution in [-0.2, 0) is 17.8 Å². The smallest absolute Gasteiger partial charge is 0.228 e. The number of likely N-dealkylation sites (N-methyl/N-ethyl adjacent to an activating group) is 1. The van der Waals surface area contributed by atoms with Crippen LogP contribution in [0.15, 0.2) is 41.8 Å². The molecule has 3 nitrogen and oxygen atoms in total. The van der Waals surface area contributed by atoms with Gasteiger partial charge in [-0.3, -0.25) is 4.79 Å². The summed E-state index contributed by atoms with van der Waals surface area (Å²) in [5.74, 6) is 0.0236. The molecule has 0 spiro atoms. The summed E-state index contributed by atoms with van der Waals surface area (Å²) in [5.41, 5.74) is 1.65. The third-order valence-corrected chi connectivity index (χ3v) is 5.91. The van der Waals surface area contributed by atoms with Gasteiger partial charge in [-0.25, -0.2) is 4.98 Å². The lowest BCUT2D eigenvalue weighted by Gasteiger charge is -2.15. The minimum atomic E-state index is 0.0236. The Labute approximate surface area is 158 Å². The summed E-state index contributed by atoms with van der Waals surface area (Å²) in [6.07, 6.45) is 0.274. The second-order valence-corrected chi connectivity index (χ2v) is 8.32. The molecular formula is C17H14Cl2N2OS2. The van der Waals surface area contributed by atoms with Gasteiger partial charge in [0.05, 0.1) is 28.0 Å². The number of hydrogen-bond acceptors (Lipinski definition) is 4. The predicted molar refractivity (Wildman–Crippen MR) is 102 cm³/mol. The number of hydrogen-bond donors (Lipinski definition) is 0. The lowest BCUT2D eigenvalue weighted by Crippen LogP contribution is -2.27. The van der Waals surface area contributed by atoms with Crippen LogP contribution in [0, 0.1) is 0 Å². The van der Waals surface area contributed by atoms with Crippen molar-refractivity contribution in [3.05, 3.63) is 61.7 Å². The molecule has 2 aromatic heterocycles. The highest BCUT2D eigenvalue weighted by atomic mass is 35.5. The number of nitrogens with zero attached hydrogens (tertiary/aromatic N) is 2. The Kier molecular flexibility index (Phi) is 5.56. The van der Waals surface area contributed by atoms with Gasteiger partial charge >= 0.3 is 0 Å². The lowest BCUT2D eigenvalue weighted by molar-refractivity contribution is -0.129. The van der Waals surface area contributed by atoms with Crippen LogP contribution in [0.3, 0.4) is 0 Å². The van der Waals surface area contributed by atoms with Gasteiger partial charge in [0.2, 0.25) is 5.91 Å². The number of thiazole rings is 1. The fourth-order valence-electron chi connectivity index (χ4n) is 2.20. The van der Waals surface area contributed by atoms with Crippen LogP contribution in [0.5, 0.6) is 0 Å². The zero-order valence-corrected chi connectivity index (χ0v) is 16.0. The molecule has 0 aliphatic carbocycles. The summed E-state index contributed by atoms with van der Waals surface area (Å²) >= 11 is 15.1. The van der Waals surface area contributed by atoms with Crippen LogP contribution in [0.1, 0.15) is 10.6 Å². The van der Waals surface area contributed by atoms with Crippen LogP contribution in [0.4, 0.5) is 0 Å². The first-order valence-corrected chi connectivity index (χ1v) is 9.65. The maximum atomic E-state index is 12.4. The molecule has 7 heteroatoms. The fourth-order valence-corrected chi connectivity index (χ4v) is 4.48. The summed E-state index contributed by atoms with van der Waals surface area (Å²) in [7, 11) is 1.79. The number of carbonyl (C=O) groups is 1. The van der Waals surface area contributed by atoms with E-state index in [4.69, 9.17) is 23.2 Å². The Hall–Kier alpha value is -1.40. The summed E-state index contributed by atoms with van der Waals surface area (Å²) in [6.45, 7) is 0.553. The van der Waals surface area contributed by atoms with Gasteiger partial charge in [-0.05, 0) is 18.2 Å². The second kappa shape index (κ2) is 7.66. The SMILES string of the molecule is CN(Cc1ccc(Cl)s1)C(=O)Cc1csc(-c2ccccc2Cl)n1. The highest BCUT2D eigenvalue weighted by Gasteiger charge is 2.14. The van der Waals surface area contributed by atoms with Crippen molar-refractivity contribution in [3.8, 4) is 10.6 Å². The van der Waals surface area contributed by atoms with E-state index < -0.39 is 0 Å². The molecular weight excluding hydrogens is 383 g/mol. The van der Waals surface area contributed by atoms with E-state index in [1.165, 1.54) is 22.7 Å². The van der Waals surface area contributed by atoms with E-state index in [-0.39, 0.29) is 12.3 Å². The summed E-state index contributed by atoms with van der Waals surface area (Å²) in [4.78, 5) is 19.7. The van der Waals surface area contributed by atoms with Crippen molar-refractivity contribution in [2.45, 2.75) is 13.0 Å². The molecule has 124 valence electrons. The van der Waals surface area contributed by atoms with E-state index in [0.29, 0.717) is 11.6 Å². The van der Waals surface area contributed by atoms with Crippen LogP contribution >= 0.6 is 45.9 Å². The number of thiophene rings is 1. The van der Waals surface area contributed by atoms with Gasteiger partial charge in [-0.1, -0.05) is 41.4 Å².